The van der Waals surface area contributed by atoms with Gasteiger partial charge in [-0.25, -0.2) is 14.8 Å². The number of aromatic nitrogens is 2. The number of esters is 1. The van der Waals surface area contributed by atoms with Crippen LogP contribution in [0.2, 0.25) is 0 Å². The Labute approximate surface area is 115 Å². The number of fused-ring (bicyclic) bond motifs is 1. The molecule has 2 aromatic rings. The summed E-state index contributed by atoms with van der Waals surface area (Å²) in [5.74, 6) is 0.665. The van der Waals surface area contributed by atoms with Gasteiger partial charge < -0.3 is 10.5 Å². The lowest BCUT2D eigenvalue weighted by atomic mass is 10.2. The average Bonchev–Trinajstić information content (AvgIpc) is 2.53. The average molecular weight is 279 g/mol. The summed E-state index contributed by atoms with van der Waals surface area (Å²) in [5, 5.41) is 0.747. The van der Waals surface area contributed by atoms with E-state index in [9.17, 15) is 4.79 Å². The molecule has 5 nitrogen and oxygen atoms in total. The maximum absolute atomic E-state index is 12.1. The summed E-state index contributed by atoms with van der Waals surface area (Å²) in [7, 11) is 0. The Morgan fingerprint density at radius 2 is 1.89 bits per heavy atom. The van der Waals surface area contributed by atoms with E-state index in [1.165, 1.54) is 11.3 Å². The molecular weight excluding hydrogens is 262 g/mol. The first kappa shape index (κ1) is 13.7. The van der Waals surface area contributed by atoms with Gasteiger partial charge in [0.05, 0.1) is 5.39 Å². The van der Waals surface area contributed by atoms with E-state index in [0.29, 0.717) is 16.5 Å². The second-order valence-corrected chi connectivity index (χ2v) is 6.39. The summed E-state index contributed by atoms with van der Waals surface area (Å²) in [6, 6.07) is 0. The van der Waals surface area contributed by atoms with Crippen molar-refractivity contribution in [2.24, 2.45) is 0 Å². The number of aryl methyl sites for hydroxylation is 2. The molecule has 0 saturated heterocycles. The van der Waals surface area contributed by atoms with E-state index in [0.717, 1.165) is 15.8 Å². The van der Waals surface area contributed by atoms with E-state index in [2.05, 4.69) is 9.97 Å². The minimum Gasteiger partial charge on any atom is -0.456 e. The van der Waals surface area contributed by atoms with Crippen LogP contribution in [0.3, 0.4) is 0 Å². The number of nitrogen functional groups attached to an aromatic ring is 1. The zero-order valence-electron chi connectivity index (χ0n) is 11.7. The van der Waals surface area contributed by atoms with Crippen molar-refractivity contribution in [2.75, 3.05) is 5.73 Å². The molecule has 0 amide bonds. The van der Waals surface area contributed by atoms with Crippen molar-refractivity contribution in [1.82, 2.24) is 9.97 Å². The van der Waals surface area contributed by atoms with E-state index in [4.69, 9.17) is 10.5 Å². The monoisotopic (exact) mass is 279 g/mol. The van der Waals surface area contributed by atoms with Crippen LogP contribution in [0.5, 0.6) is 0 Å². The van der Waals surface area contributed by atoms with Gasteiger partial charge in [-0.3, -0.25) is 0 Å². The maximum Gasteiger partial charge on any atom is 0.349 e. The highest BCUT2D eigenvalue weighted by molar-refractivity contribution is 7.20. The lowest BCUT2D eigenvalue weighted by Gasteiger charge is -2.19. The Bertz CT molecular complexity index is 656. The molecule has 0 atom stereocenters. The van der Waals surface area contributed by atoms with E-state index in [-0.39, 0.29) is 5.97 Å². The number of rotatable bonds is 1. The Morgan fingerprint density at radius 3 is 2.47 bits per heavy atom. The molecule has 6 heteroatoms. The first-order valence-electron chi connectivity index (χ1n) is 5.95. The summed E-state index contributed by atoms with van der Waals surface area (Å²) in [4.78, 5) is 21.9. The van der Waals surface area contributed by atoms with E-state index < -0.39 is 5.60 Å². The lowest BCUT2D eigenvalue weighted by molar-refractivity contribution is 0.00747. The molecule has 2 rings (SSSR count). The van der Waals surface area contributed by atoms with Crippen LogP contribution in [0, 0.1) is 13.8 Å². The van der Waals surface area contributed by atoms with Gasteiger partial charge >= 0.3 is 5.97 Å². The van der Waals surface area contributed by atoms with Crippen LogP contribution < -0.4 is 5.73 Å². The van der Waals surface area contributed by atoms with Crippen LogP contribution in [0.25, 0.3) is 10.2 Å². The molecule has 0 aliphatic rings. The van der Waals surface area contributed by atoms with Crippen LogP contribution in [0.4, 0.5) is 5.82 Å². The fraction of sp³-hybridized carbons (Fsp3) is 0.462. The Hall–Kier alpha value is -1.69. The van der Waals surface area contributed by atoms with Crippen LogP contribution in [-0.2, 0) is 4.74 Å². The van der Waals surface area contributed by atoms with Crippen molar-refractivity contribution in [3.8, 4) is 0 Å². The molecule has 0 spiro atoms. The van der Waals surface area contributed by atoms with Gasteiger partial charge in [0.1, 0.15) is 27.0 Å². The number of hydrogen-bond donors (Lipinski definition) is 1. The number of ether oxygens (including phenoxy) is 1. The van der Waals surface area contributed by atoms with Crippen LogP contribution in [-0.4, -0.2) is 21.5 Å². The Balaban J connectivity index is 2.54. The number of thiophene rings is 1. The molecule has 0 bridgehead atoms. The summed E-state index contributed by atoms with van der Waals surface area (Å²) in [6.07, 6.45) is 0. The Morgan fingerprint density at radius 1 is 1.26 bits per heavy atom. The van der Waals surface area contributed by atoms with Crippen molar-refractivity contribution in [2.45, 2.75) is 40.2 Å². The molecule has 0 aliphatic carbocycles. The summed E-state index contributed by atoms with van der Waals surface area (Å²) in [5.41, 5.74) is 6.17. The topological polar surface area (TPSA) is 78.1 Å². The largest absolute Gasteiger partial charge is 0.456 e. The van der Waals surface area contributed by atoms with Gasteiger partial charge in [-0.2, -0.15) is 0 Å². The third kappa shape index (κ3) is 2.68. The van der Waals surface area contributed by atoms with Crippen LogP contribution in [0.15, 0.2) is 0 Å². The SMILES string of the molecule is Cc1nc(N)c2c(C)c(C(=O)OC(C)(C)C)sc2n1. The van der Waals surface area contributed by atoms with Crippen molar-refractivity contribution in [1.29, 1.82) is 0 Å². The number of anilines is 1. The molecule has 2 N–H and O–H groups in total. The summed E-state index contributed by atoms with van der Waals surface area (Å²) in [6.45, 7) is 9.13. The molecule has 102 valence electrons. The summed E-state index contributed by atoms with van der Waals surface area (Å²) < 4.78 is 5.39. The normalized spacial score (nSPS) is 11.8. The van der Waals surface area contributed by atoms with Crippen molar-refractivity contribution in [3.63, 3.8) is 0 Å². The van der Waals surface area contributed by atoms with Gasteiger partial charge in [0.15, 0.2) is 0 Å². The molecule has 0 saturated carbocycles. The predicted octanol–water partition coefficient (Wildman–Crippen LogP) is 2.85. The maximum atomic E-state index is 12.1. The van der Waals surface area contributed by atoms with Gasteiger partial charge in [0.2, 0.25) is 0 Å². The van der Waals surface area contributed by atoms with Gasteiger partial charge in [0, 0.05) is 0 Å². The molecule has 2 heterocycles. The van der Waals surface area contributed by atoms with Crippen LogP contribution in [0.1, 0.15) is 41.8 Å². The second kappa shape index (κ2) is 4.45. The highest BCUT2D eigenvalue weighted by Crippen LogP contribution is 2.33. The predicted molar refractivity (Wildman–Crippen MR) is 76.5 cm³/mol. The molecule has 2 aromatic heterocycles. The van der Waals surface area contributed by atoms with Gasteiger partial charge in [-0.15, -0.1) is 11.3 Å². The number of nitrogens with zero attached hydrogens (tertiary/aromatic N) is 2. The van der Waals surface area contributed by atoms with Crippen molar-refractivity contribution < 1.29 is 9.53 Å². The number of hydrogen-bond acceptors (Lipinski definition) is 6. The first-order valence-corrected chi connectivity index (χ1v) is 6.77. The third-order valence-electron chi connectivity index (χ3n) is 2.51. The fourth-order valence-electron chi connectivity index (χ4n) is 1.80. The number of carbonyl (C=O) groups is 1. The first-order chi connectivity index (χ1) is 8.69. The number of nitrogens with two attached hydrogens (primary N) is 1. The van der Waals surface area contributed by atoms with Gasteiger partial charge in [-0.05, 0) is 40.2 Å². The quantitative estimate of drug-likeness (QED) is 0.812. The lowest BCUT2D eigenvalue weighted by Crippen LogP contribution is -2.23. The van der Waals surface area contributed by atoms with Crippen LogP contribution >= 0.6 is 11.3 Å². The molecule has 0 aromatic carbocycles. The highest BCUT2D eigenvalue weighted by atomic mass is 32.1. The molecule has 19 heavy (non-hydrogen) atoms. The third-order valence-corrected chi connectivity index (χ3v) is 3.68. The van der Waals surface area contributed by atoms with Gasteiger partial charge in [0.25, 0.3) is 0 Å². The minimum absolute atomic E-state index is 0.343. The molecule has 0 fully saturated rings. The second-order valence-electron chi connectivity index (χ2n) is 5.39. The molecule has 0 radical (unpaired) electrons. The standard InChI is InChI=1S/C13H17N3O2S/c1-6-8-10(14)15-7(2)16-11(8)19-9(6)12(17)18-13(3,4)5/h1-5H3,(H2,14,15,16). The minimum atomic E-state index is -0.521. The van der Waals surface area contributed by atoms with E-state index >= 15 is 0 Å². The van der Waals surface area contributed by atoms with E-state index in [1.54, 1.807) is 6.92 Å². The van der Waals surface area contributed by atoms with Crippen molar-refractivity contribution >= 4 is 33.3 Å². The molecule has 0 aliphatic heterocycles. The van der Waals surface area contributed by atoms with Gasteiger partial charge in [-0.1, -0.05) is 0 Å². The molecular formula is C13H17N3O2S. The van der Waals surface area contributed by atoms with E-state index in [1.807, 2.05) is 27.7 Å². The fourth-order valence-corrected chi connectivity index (χ4v) is 2.91. The zero-order chi connectivity index (χ0) is 14.4. The zero-order valence-corrected chi connectivity index (χ0v) is 12.5. The Kier molecular flexibility index (Phi) is 3.22. The van der Waals surface area contributed by atoms with Crippen molar-refractivity contribution in [3.05, 3.63) is 16.3 Å². The smallest absolute Gasteiger partial charge is 0.349 e. The number of carbonyl (C=O) groups excluding carboxylic acids is 1. The summed E-state index contributed by atoms with van der Waals surface area (Å²) >= 11 is 1.30. The molecule has 0 unspecified atom stereocenters. The highest BCUT2D eigenvalue weighted by Gasteiger charge is 2.24.